The Morgan fingerprint density at radius 2 is 1.67 bits per heavy atom. The van der Waals surface area contributed by atoms with E-state index in [-0.39, 0.29) is 0 Å². The van der Waals surface area contributed by atoms with Gasteiger partial charge in [0, 0.05) is 27.8 Å². The van der Waals surface area contributed by atoms with Crippen molar-refractivity contribution in [2.45, 2.75) is 19.5 Å². The summed E-state index contributed by atoms with van der Waals surface area (Å²) in [5.74, 6) is 1.87. The lowest BCUT2D eigenvalue weighted by Crippen LogP contribution is -3.10. The van der Waals surface area contributed by atoms with Crippen LogP contribution in [0, 0.1) is 0 Å². The Morgan fingerprint density at radius 1 is 1.00 bits per heavy atom. The van der Waals surface area contributed by atoms with E-state index in [1.54, 1.807) is 14.2 Å². The lowest BCUT2D eigenvalue weighted by atomic mass is 9.97. The second-order valence-electron chi connectivity index (χ2n) is 6.99. The SMILES string of the molecule is COc1cc2c(cc1OC)C[NH+](Cc1cc(Cl)c3ccccc3c1O)CC2. The van der Waals surface area contributed by atoms with Gasteiger partial charge in [-0.1, -0.05) is 35.9 Å². The van der Waals surface area contributed by atoms with Crippen molar-refractivity contribution in [2.75, 3.05) is 20.8 Å². The highest BCUT2D eigenvalue weighted by Gasteiger charge is 2.24. The molecule has 4 nitrogen and oxygen atoms in total. The molecule has 0 spiro atoms. The summed E-state index contributed by atoms with van der Waals surface area (Å²) in [5.41, 5.74) is 3.45. The molecule has 27 heavy (non-hydrogen) atoms. The lowest BCUT2D eigenvalue weighted by Gasteiger charge is -2.27. The molecule has 1 aliphatic rings. The van der Waals surface area contributed by atoms with Crippen LogP contribution >= 0.6 is 11.6 Å². The molecule has 1 atom stereocenters. The normalized spacial score (nSPS) is 16.2. The van der Waals surface area contributed by atoms with Crippen LogP contribution in [0.5, 0.6) is 17.2 Å². The third-order valence-electron chi connectivity index (χ3n) is 5.38. The fourth-order valence-electron chi connectivity index (χ4n) is 3.95. The van der Waals surface area contributed by atoms with Crippen LogP contribution < -0.4 is 14.4 Å². The topological polar surface area (TPSA) is 43.1 Å². The number of aromatic hydroxyl groups is 1. The molecule has 3 aromatic carbocycles. The van der Waals surface area contributed by atoms with Gasteiger partial charge in [0.15, 0.2) is 11.5 Å². The molecule has 0 aromatic heterocycles. The van der Waals surface area contributed by atoms with E-state index in [0.29, 0.717) is 10.8 Å². The van der Waals surface area contributed by atoms with Gasteiger partial charge in [0.1, 0.15) is 18.8 Å². The highest BCUT2D eigenvalue weighted by molar-refractivity contribution is 6.35. The Bertz CT molecular complexity index is 1000. The van der Waals surface area contributed by atoms with Crippen LogP contribution in [0.15, 0.2) is 42.5 Å². The van der Waals surface area contributed by atoms with Crippen molar-refractivity contribution in [1.82, 2.24) is 0 Å². The lowest BCUT2D eigenvalue weighted by molar-refractivity contribution is -0.929. The van der Waals surface area contributed by atoms with Crippen molar-refractivity contribution in [3.63, 3.8) is 0 Å². The van der Waals surface area contributed by atoms with Crippen molar-refractivity contribution in [1.29, 1.82) is 0 Å². The average molecular weight is 385 g/mol. The van der Waals surface area contributed by atoms with Crippen LogP contribution in [0.4, 0.5) is 0 Å². The largest absolute Gasteiger partial charge is 0.507 e. The van der Waals surface area contributed by atoms with Crippen molar-refractivity contribution >= 4 is 22.4 Å². The van der Waals surface area contributed by atoms with Gasteiger partial charge in [0.2, 0.25) is 0 Å². The first-order valence-electron chi connectivity index (χ1n) is 9.07. The Kier molecular flexibility index (Phi) is 4.85. The van der Waals surface area contributed by atoms with Crippen molar-refractivity contribution in [2.24, 2.45) is 0 Å². The van der Waals surface area contributed by atoms with E-state index in [1.807, 2.05) is 30.3 Å². The number of halogens is 1. The Hall–Kier alpha value is -2.43. The van der Waals surface area contributed by atoms with E-state index in [0.717, 1.165) is 53.9 Å². The molecule has 0 aliphatic carbocycles. The number of rotatable bonds is 4. The highest BCUT2D eigenvalue weighted by atomic mass is 35.5. The maximum Gasteiger partial charge on any atom is 0.161 e. The van der Waals surface area contributed by atoms with Gasteiger partial charge < -0.3 is 19.5 Å². The van der Waals surface area contributed by atoms with Crippen molar-refractivity contribution in [3.8, 4) is 17.2 Å². The summed E-state index contributed by atoms with van der Waals surface area (Å²) >= 11 is 6.46. The van der Waals surface area contributed by atoms with Crippen LogP contribution in [0.2, 0.25) is 5.02 Å². The number of methoxy groups -OCH3 is 2. The van der Waals surface area contributed by atoms with Crippen LogP contribution in [0.25, 0.3) is 10.8 Å². The van der Waals surface area contributed by atoms with Crippen molar-refractivity contribution in [3.05, 3.63) is 64.2 Å². The third-order valence-corrected chi connectivity index (χ3v) is 5.69. The quantitative estimate of drug-likeness (QED) is 0.725. The number of phenolic OH excluding ortho intramolecular Hbond substituents is 1. The molecular weight excluding hydrogens is 362 g/mol. The fourth-order valence-corrected chi connectivity index (χ4v) is 4.25. The predicted octanol–water partition coefficient (Wildman–Crippen LogP) is 3.36. The number of benzene rings is 3. The van der Waals surface area contributed by atoms with Gasteiger partial charge in [-0.2, -0.15) is 0 Å². The minimum Gasteiger partial charge on any atom is -0.507 e. The second kappa shape index (κ2) is 7.29. The van der Waals surface area contributed by atoms with Gasteiger partial charge in [-0.05, 0) is 23.8 Å². The number of phenols is 1. The third kappa shape index (κ3) is 3.31. The molecule has 1 heterocycles. The van der Waals surface area contributed by atoms with Gasteiger partial charge >= 0.3 is 0 Å². The van der Waals surface area contributed by atoms with E-state index in [1.165, 1.54) is 16.0 Å². The summed E-state index contributed by atoms with van der Waals surface area (Å²) in [7, 11) is 3.32. The van der Waals surface area contributed by atoms with Gasteiger partial charge in [0.05, 0.1) is 26.3 Å². The number of quaternary nitrogens is 1. The summed E-state index contributed by atoms with van der Waals surface area (Å²) < 4.78 is 10.9. The summed E-state index contributed by atoms with van der Waals surface area (Å²) in [6.45, 7) is 2.59. The first-order chi connectivity index (χ1) is 13.1. The number of nitrogens with one attached hydrogen (secondary N) is 1. The number of hydrogen-bond donors (Lipinski definition) is 2. The van der Waals surface area contributed by atoms with Gasteiger partial charge in [0.25, 0.3) is 0 Å². The zero-order valence-electron chi connectivity index (χ0n) is 15.5. The maximum atomic E-state index is 10.7. The predicted molar refractivity (Wildman–Crippen MR) is 107 cm³/mol. The maximum absolute atomic E-state index is 10.7. The molecule has 5 heteroatoms. The highest BCUT2D eigenvalue weighted by Crippen LogP contribution is 2.34. The van der Waals surface area contributed by atoms with Crippen LogP contribution in [0.3, 0.4) is 0 Å². The molecule has 4 rings (SSSR count). The van der Waals surface area contributed by atoms with Crippen LogP contribution in [-0.2, 0) is 19.5 Å². The number of hydrogen-bond acceptors (Lipinski definition) is 3. The minimum atomic E-state index is 0.334. The van der Waals surface area contributed by atoms with Gasteiger partial charge in [-0.3, -0.25) is 0 Å². The Labute approximate surface area is 163 Å². The molecule has 1 unspecified atom stereocenters. The molecule has 0 radical (unpaired) electrons. The zero-order chi connectivity index (χ0) is 19.0. The van der Waals surface area contributed by atoms with E-state index in [4.69, 9.17) is 21.1 Å². The molecule has 3 aromatic rings. The summed E-state index contributed by atoms with van der Waals surface area (Å²) in [6, 6.07) is 13.8. The molecule has 140 valence electrons. The Balaban J connectivity index is 1.62. The summed E-state index contributed by atoms with van der Waals surface area (Å²) in [6.07, 6.45) is 0.965. The van der Waals surface area contributed by atoms with E-state index in [2.05, 4.69) is 12.1 Å². The molecule has 0 saturated heterocycles. The van der Waals surface area contributed by atoms with Crippen LogP contribution in [-0.4, -0.2) is 25.9 Å². The van der Waals surface area contributed by atoms with Gasteiger partial charge in [-0.15, -0.1) is 0 Å². The van der Waals surface area contributed by atoms with Crippen molar-refractivity contribution < 1.29 is 19.5 Å². The molecule has 1 aliphatic heterocycles. The molecule has 0 fully saturated rings. The molecule has 0 saturated carbocycles. The monoisotopic (exact) mass is 384 g/mol. The minimum absolute atomic E-state index is 0.334. The molecular formula is C22H23ClNO3+. The summed E-state index contributed by atoms with van der Waals surface area (Å²) in [5, 5.41) is 13.1. The zero-order valence-corrected chi connectivity index (χ0v) is 16.3. The van der Waals surface area contributed by atoms with E-state index in [9.17, 15) is 5.11 Å². The smallest absolute Gasteiger partial charge is 0.161 e. The van der Waals surface area contributed by atoms with E-state index >= 15 is 0 Å². The van der Waals surface area contributed by atoms with Crippen LogP contribution in [0.1, 0.15) is 16.7 Å². The summed E-state index contributed by atoms with van der Waals surface area (Å²) in [4.78, 5) is 1.39. The standard InChI is InChI=1S/C22H22ClNO3/c1-26-20-10-14-7-8-24(12-15(14)11-21(20)27-2)13-16-9-19(23)17-5-3-4-6-18(17)22(16)25/h3-6,9-11,25H,7-8,12-13H2,1-2H3/p+1. The first-order valence-corrected chi connectivity index (χ1v) is 9.45. The average Bonchev–Trinajstić information content (AvgIpc) is 2.70. The number of ether oxygens (including phenoxy) is 2. The fraction of sp³-hybridized carbons (Fsp3) is 0.273. The number of fused-ring (bicyclic) bond motifs is 2. The first kappa shape index (κ1) is 18.0. The second-order valence-corrected chi connectivity index (χ2v) is 7.40. The molecule has 0 bridgehead atoms. The van der Waals surface area contributed by atoms with E-state index < -0.39 is 0 Å². The molecule has 0 amide bonds. The molecule has 2 N–H and O–H groups in total. The van der Waals surface area contributed by atoms with Gasteiger partial charge in [-0.25, -0.2) is 0 Å². The Morgan fingerprint density at radius 3 is 2.37 bits per heavy atom.